The van der Waals surface area contributed by atoms with Crippen molar-refractivity contribution < 1.29 is 18.8 Å². The fraction of sp³-hybridized carbons (Fsp3) is 0.300. The molecule has 0 saturated heterocycles. The maximum Gasteiger partial charge on any atom is 0.324 e. The van der Waals surface area contributed by atoms with Gasteiger partial charge in [-0.25, -0.2) is 4.39 Å². The molecule has 2 aromatic carbocycles. The zero-order valence-electron chi connectivity index (χ0n) is 21.7. The molecule has 0 fully saturated rings. The van der Waals surface area contributed by atoms with Crippen molar-refractivity contribution in [2.45, 2.75) is 58.3 Å². The van der Waals surface area contributed by atoms with E-state index in [2.05, 4.69) is 51.1 Å². The first-order valence-electron chi connectivity index (χ1n) is 12.5. The second kappa shape index (κ2) is 12.1. The van der Waals surface area contributed by atoms with E-state index in [0.29, 0.717) is 35.0 Å². The molecule has 3 aromatic rings. The van der Waals surface area contributed by atoms with E-state index in [9.17, 15) is 19.3 Å². The first kappa shape index (κ1) is 27.8. The summed E-state index contributed by atoms with van der Waals surface area (Å²) in [6.07, 6.45) is 5.37. The smallest absolute Gasteiger partial charge is 0.324 e. The van der Waals surface area contributed by atoms with E-state index in [1.54, 1.807) is 12.1 Å². The van der Waals surface area contributed by atoms with Crippen molar-refractivity contribution in [3.8, 4) is 5.75 Å². The number of nitrogens with zero attached hydrogens (tertiary/aromatic N) is 1. The Hall–Kier alpha value is -3.23. The Morgan fingerprint density at radius 1 is 1.11 bits per heavy atom. The monoisotopic (exact) mass is 551 g/mol. The lowest BCUT2D eigenvalue weighted by atomic mass is 9.86. The van der Waals surface area contributed by atoms with Gasteiger partial charge in [0.05, 0.1) is 9.80 Å². The van der Waals surface area contributed by atoms with Gasteiger partial charge in [-0.1, -0.05) is 80.3 Å². The highest BCUT2D eigenvalue weighted by Crippen LogP contribution is 2.41. The number of thioether (sulfide) groups is 1. The molecule has 1 aromatic heterocycles. The lowest BCUT2D eigenvalue weighted by Crippen LogP contribution is -2.10. The van der Waals surface area contributed by atoms with Gasteiger partial charge in [0.25, 0.3) is 0 Å². The number of ether oxygens (including phenoxy) is 1. The summed E-state index contributed by atoms with van der Waals surface area (Å²) in [7, 11) is 0. The van der Waals surface area contributed by atoms with Crippen LogP contribution in [0.5, 0.6) is 5.75 Å². The first-order chi connectivity index (χ1) is 18.1. The quantitative estimate of drug-likeness (QED) is 0.151. The predicted molar refractivity (Wildman–Crippen MR) is 153 cm³/mol. The van der Waals surface area contributed by atoms with E-state index in [-0.39, 0.29) is 22.0 Å². The molecule has 38 heavy (non-hydrogen) atoms. The number of thiophene rings is 1. The molecule has 8 heteroatoms. The third-order valence-corrected chi connectivity index (χ3v) is 8.44. The molecule has 0 radical (unpaired) electrons. The Labute approximate surface area is 230 Å². The molecule has 0 atom stereocenters. The van der Waals surface area contributed by atoms with Gasteiger partial charge in [-0.3, -0.25) is 14.9 Å². The second-order valence-corrected chi connectivity index (χ2v) is 12.3. The van der Waals surface area contributed by atoms with E-state index < -0.39 is 4.92 Å². The Balaban J connectivity index is 1.51. The SMILES string of the molecule is CC(C)(C)c1ccc(C2=C(Oc3cccc(F)c3)SC(CCCC(=O)c3ccc([N+](=O)[O-])s3)=CCC2)cc1. The van der Waals surface area contributed by atoms with Crippen LogP contribution in [-0.4, -0.2) is 10.7 Å². The highest BCUT2D eigenvalue weighted by Gasteiger charge is 2.21. The zero-order valence-corrected chi connectivity index (χ0v) is 23.3. The normalized spacial score (nSPS) is 14.2. The average molecular weight is 552 g/mol. The average Bonchev–Trinajstić information content (AvgIpc) is 3.28. The standard InChI is InChI=1S/C30H30FNO4S2/c1-30(2,3)21-15-13-20(14-16-21)25-11-5-9-24(37-29(25)36-23-8-4-7-22(31)19-23)10-6-12-26(33)27-17-18-28(38-27)32(34)35/h4,7-9,13-19H,5-6,10-12H2,1-3H3. The van der Waals surface area contributed by atoms with E-state index in [1.165, 1.54) is 41.6 Å². The van der Waals surface area contributed by atoms with E-state index >= 15 is 0 Å². The van der Waals surface area contributed by atoms with E-state index in [0.717, 1.165) is 40.2 Å². The highest BCUT2D eigenvalue weighted by atomic mass is 32.2. The number of halogens is 1. The van der Waals surface area contributed by atoms with Crippen molar-refractivity contribution in [3.63, 3.8) is 0 Å². The molecule has 1 aliphatic heterocycles. The van der Waals surface area contributed by atoms with Crippen LogP contribution >= 0.6 is 23.1 Å². The molecule has 0 saturated carbocycles. The molecule has 0 aliphatic carbocycles. The van der Waals surface area contributed by atoms with Crippen molar-refractivity contribution in [2.24, 2.45) is 0 Å². The van der Waals surface area contributed by atoms with Crippen LogP contribution in [0, 0.1) is 15.9 Å². The van der Waals surface area contributed by atoms with Gasteiger partial charge in [-0.2, -0.15) is 0 Å². The zero-order chi connectivity index (χ0) is 27.3. The molecular weight excluding hydrogens is 521 g/mol. The van der Waals surface area contributed by atoms with Gasteiger partial charge in [0.1, 0.15) is 11.6 Å². The van der Waals surface area contributed by atoms with Crippen molar-refractivity contribution in [1.82, 2.24) is 0 Å². The minimum absolute atomic E-state index is 0.0253. The summed E-state index contributed by atoms with van der Waals surface area (Å²) in [5, 5.41) is 11.6. The fourth-order valence-corrected chi connectivity index (χ4v) is 6.09. The highest BCUT2D eigenvalue weighted by molar-refractivity contribution is 8.06. The van der Waals surface area contributed by atoms with Crippen molar-refractivity contribution in [3.05, 3.63) is 109 Å². The number of rotatable bonds is 9. The molecule has 5 nitrogen and oxygen atoms in total. The summed E-state index contributed by atoms with van der Waals surface area (Å²) in [6, 6.07) is 17.6. The number of hydrogen-bond acceptors (Lipinski definition) is 6. The van der Waals surface area contributed by atoms with Crippen molar-refractivity contribution in [1.29, 1.82) is 0 Å². The number of nitro groups is 1. The molecule has 0 bridgehead atoms. The van der Waals surface area contributed by atoms with Gasteiger partial charge < -0.3 is 4.74 Å². The largest absolute Gasteiger partial charge is 0.450 e. The summed E-state index contributed by atoms with van der Waals surface area (Å²) in [5.41, 5.74) is 3.43. The minimum atomic E-state index is -0.477. The van der Waals surface area contributed by atoms with Crippen LogP contribution < -0.4 is 4.74 Å². The van der Waals surface area contributed by atoms with Crippen LogP contribution in [0.4, 0.5) is 9.39 Å². The molecule has 1 aliphatic rings. The molecule has 4 rings (SSSR count). The molecule has 198 valence electrons. The van der Waals surface area contributed by atoms with Gasteiger partial charge in [-0.15, -0.1) is 0 Å². The number of benzene rings is 2. The van der Waals surface area contributed by atoms with Crippen LogP contribution in [0.3, 0.4) is 0 Å². The molecule has 0 amide bonds. The topological polar surface area (TPSA) is 69.4 Å². The Morgan fingerprint density at radius 2 is 1.87 bits per heavy atom. The van der Waals surface area contributed by atoms with E-state index in [1.807, 2.05) is 0 Å². The number of allylic oxidation sites excluding steroid dienone is 3. The van der Waals surface area contributed by atoms with Crippen LogP contribution in [-0.2, 0) is 5.41 Å². The summed E-state index contributed by atoms with van der Waals surface area (Å²) >= 11 is 2.43. The predicted octanol–water partition coefficient (Wildman–Crippen LogP) is 9.30. The van der Waals surface area contributed by atoms with E-state index in [4.69, 9.17) is 4.74 Å². The number of carbonyl (C=O) groups is 1. The van der Waals surface area contributed by atoms with Crippen molar-refractivity contribution >= 4 is 39.5 Å². The summed E-state index contributed by atoms with van der Waals surface area (Å²) in [4.78, 5) is 24.5. The maximum atomic E-state index is 13.9. The van der Waals surface area contributed by atoms with Crippen LogP contribution in [0.15, 0.2) is 76.7 Å². The number of hydrogen-bond donors (Lipinski definition) is 0. The molecule has 0 spiro atoms. The molecule has 0 unspecified atom stereocenters. The minimum Gasteiger partial charge on any atom is -0.450 e. The molecule has 2 heterocycles. The van der Waals surface area contributed by atoms with Gasteiger partial charge in [0.2, 0.25) is 0 Å². The van der Waals surface area contributed by atoms with Crippen molar-refractivity contribution in [2.75, 3.05) is 0 Å². The summed E-state index contributed by atoms with van der Waals surface area (Å²) in [6.45, 7) is 6.55. The maximum absolute atomic E-state index is 13.9. The Morgan fingerprint density at radius 3 is 2.53 bits per heavy atom. The lowest BCUT2D eigenvalue weighted by Gasteiger charge is -2.20. The van der Waals surface area contributed by atoms with Crippen LogP contribution in [0.1, 0.15) is 73.7 Å². The Kier molecular flexibility index (Phi) is 8.84. The number of ketones is 1. The number of Topliss-reactive ketones (excluding diaryl/α,β-unsaturated/α-hetero) is 1. The van der Waals surface area contributed by atoms with Crippen LogP contribution in [0.25, 0.3) is 5.57 Å². The Bertz CT molecular complexity index is 1380. The third-order valence-electron chi connectivity index (χ3n) is 6.22. The lowest BCUT2D eigenvalue weighted by molar-refractivity contribution is -0.380. The van der Waals surface area contributed by atoms with Gasteiger partial charge in [-0.05, 0) is 65.3 Å². The number of carbonyl (C=O) groups excluding carboxylic acids is 1. The third kappa shape index (κ3) is 7.20. The first-order valence-corrected chi connectivity index (χ1v) is 14.2. The molecular formula is C30H30FNO4S2. The van der Waals surface area contributed by atoms with Gasteiger partial charge in [0, 0.05) is 24.1 Å². The molecule has 0 N–H and O–H groups in total. The van der Waals surface area contributed by atoms with Gasteiger partial charge >= 0.3 is 5.00 Å². The van der Waals surface area contributed by atoms with Crippen LogP contribution in [0.2, 0.25) is 0 Å². The fourth-order valence-electron chi connectivity index (χ4n) is 4.13. The van der Waals surface area contributed by atoms with Gasteiger partial charge in [0.15, 0.2) is 10.9 Å². The summed E-state index contributed by atoms with van der Waals surface area (Å²) < 4.78 is 20.2. The second-order valence-electron chi connectivity index (χ2n) is 10.1. The summed E-state index contributed by atoms with van der Waals surface area (Å²) in [5.74, 6) is -0.0124.